The van der Waals surface area contributed by atoms with Crippen LogP contribution in [-0.4, -0.2) is 59.5 Å². The molecule has 0 unspecified atom stereocenters. The number of aromatic nitrogens is 2. The topological polar surface area (TPSA) is 54.6 Å². The zero-order valence-corrected chi connectivity index (χ0v) is 17.4. The Morgan fingerprint density at radius 1 is 0.897 bits per heavy atom. The van der Waals surface area contributed by atoms with Crippen LogP contribution in [0.25, 0.3) is 11.4 Å². The molecule has 29 heavy (non-hydrogen) atoms. The molecule has 3 fully saturated rings. The van der Waals surface area contributed by atoms with E-state index in [1.165, 1.54) is 50.9 Å². The number of benzene rings is 1. The minimum atomic E-state index is 0.424. The maximum atomic E-state index is 6.50. The van der Waals surface area contributed by atoms with E-state index in [1.54, 1.807) is 0 Å². The summed E-state index contributed by atoms with van der Waals surface area (Å²) in [5, 5.41) is 4.00. The number of nitrogens with zero attached hydrogens (tertiary/aromatic N) is 4. The maximum absolute atomic E-state index is 6.50. The molecule has 6 nitrogen and oxygen atoms in total. The van der Waals surface area contributed by atoms with Crippen LogP contribution in [0.4, 0.5) is 5.69 Å². The number of anilines is 1. The highest BCUT2D eigenvalue weighted by molar-refractivity contribution is 5.60. The van der Waals surface area contributed by atoms with Crippen molar-refractivity contribution in [1.82, 2.24) is 15.0 Å². The first kappa shape index (κ1) is 19.1. The van der Waals surface area contributed by atoms with E-state index in [0.717, 1.165) is 37.5 Å². The Kier molecular flexibility index (Phi) is 5.55. The number of hydrogen-bond donors (Lipinski definition) is 0. The first-order valence-electron chi connectivity index (χ1n) is 11.3. The molecule has 5 rings (SSSR count). The van der Waals surface area contributed by atoms with Gasteiger partial charge in [-0.2, -0.15) is 4.98 Å². The van der Waals surface area contributed by atoms with Gasteiger partial charge in [0.15, 0.2) is 0 Å². The average molecular weight is 397 g/mol. The summed E-state index contributed by atoms with van der Waals surface area (Å²) < 4.78 is 11.6. The summed E-state index contributed by atoms with van der Waals surface area (Å²) in [5.74, 6) is 1.25. The van der Waals surface area contributed by atoms with E-state index >= 15 is 0 Å². The lowest BCUT2D eigenvalue weighted by molar-refractivity contribution is -0.0598. The predicted octanol–water partition coefficient (Wildman–Crippen LogP) is 4.05. The molecule has 1 saturated carbocycles. The van der Waals surface area contributed by atoms with Gasteiger partial charge in [0.1, 0.15) is 0 Å². The van der Waals surface area contributed by atoms with Crippen molar-refractivity contribution >= 4 is 5.69 Å². The van der Waals surface area contributed by atoms with E-state index in [1.807, 2.05) is 6.92 Å². The van der Waals surface area contributed by atoms with Gasteiger partial charge in [-0.1, -0.05) is 11.6 Å². The molecule has 0 atom stereocenters. The van der Waals surface area contributed by atoms with E-state index < -0.39 is 0 Å². The Balaban J connectivity index is 1.08. The zero-order valence-electron chi connectivity index (χ0n) is 17.4. The van der Waals surface area contributed by atoms with Crippen molar-refractivity contribution in [2.75, 3.05) is 31.1 Å². The molecule has 2 saturated heterocycles. The van der Waals surface area contributed by atoms with E-state index in [2.05, 4.69) is 44.2 Å². The second-order valence-electron chi connectivity index (χ2n) is 8.83. The Morgan fingerprint density at radius 3 is 2.10 bits per heavy atom. The summed E-state index contributed by atoms with van der Waals surface area (Å²) >= 11 is 0. The van der Waals surface area contributed by atoms with Gasteiger partial charge in [0.05, 0.1) is 12.2 Å². The van der Waals surface area contributed by atoms with Crippen LogP contribution in [0.2, 0.25) is 0 Å². The third-order valence-electron chi connectivity index (χ3n) is 6.91. The molecule has 1 aromatic carbocycles. The first-order chi connectivity index (χ1) is 14.2. The van der Waals surface area contributed by atoms with E-state index in [4.69, 9.17) is 9.26 Å². The van der Waals surface area contributed by atoms with Gasteiger partial charge in [-0.25, -0.2) is 0 Å². The molecule has 1 aromatic heterocycles. The van der Waals surface area contributed by atoms with Crippen molar-refractivity contribution in [3.8, 4) is 11.4 Å². The van der Waals surface area contributed by atoms with Crippen LogP contribution in [0.15, 0.2) is 28.8 Å². The minimum absolute atomic E-state index is 0.424. The molecule has 6 heteroatoms. The number of rotatable bonds is 5. The molecule has 3 heterocycles. The zero-order chi connectivity index (χ0) is 19.6. The van der Waals surface area contributed by atoms with Gasteiger partial charge in [-0.3, -0.25) is 0 Å². The summed E-state index contributed by atoms with van der Waals surface area (Å²) in [6.45, 7) is 6.41. The molecular formula is C23H32N4O2. The lowest BCUT2D eigenvalue weighted by Crippen LogP contribution is -2.47. The third-order valence-corrected chi connectivity index (χ3v) is 6.91. The molecule has 0 N–H and O–H groups in total. The van der Waals surface area contributed by atoms with Crippen LogP contribution in [-0.2, 0) is 4.74 Å². The van der Waals surface area contributed by atoms with Gasteiger partial charge in [0.25, 0.3) is 0 Å². The van der Waals surface area contributed by atoms with Gasteiger partial charge in [-0.15, -0.1) is 0 Å². The molecule has 2 aliphatic heterocycles. The number of ether oxygens (including phenoxy) is 1. The van der Waals surface area contributed by atoms with Crippen LogP contribution < -0.4 is 4.90 Å². The lowest BCUT2D eigenvalue weighted by Gasteiger charge is -2.43. The van der Waals surface area contributed by atoms with Gasteiger partial charge >= 0.3 is 0 Å². The van der Waals surface area contributed by atoms with Crippen LogP contribution in [0.1, 0.15) is 50.8 Å². The van der Waals surface area contributed by atoms with Crippen LogP contribution >= 0.6 is 0 Å². The molecule has 0 amide bonds. The molecular weight excluding hydrogens is 364 g/mol. The smallest absolute Gasteiger partial charge is 0.223 e. The van der Waals surface area contributed by atoms with Gasteiger partial charge in [0, 0.05) is 50.4 Å². The Morgan fingerprint density at radius 2 is 1.55 bits per heavy atom. The second kappa shape index (κ2) is 8.44. The number of aryl methyl sites for hydroxylation is 1. The Labute approximate surface area is 173 Å². The van der Waals surface area contributed by atoms with Gasteiger partial charge in [-0.05, 0) is 62.8 Å². The van der Waals surface area contributed by atoms with Gasteiger partial charge < -0.3 is 19.1 Å². The number of piperidine rings is 2. The largest absolute Gasteiger partial charge is 0.375 e. The Hall–Kier alpha value is -1.92. The number of hydrogen-bond acceptors (Lipinski definition) is 6. The molecule has 0 spiro atoms. The van der Waals surface area contributed by atoms with Crippen molar-refractivity contribution in [1.29, 1.82) is 0 Å². The molecule has 1 aliphatic carbocycles. The summed E-state index contributed by atoms with van der Waals surface area (Å²) in [6.07, 6.45) is 9.83. The monoisotopic (exact) mass is 396 g/mol. The van der Waals surface area contributed by atoms with E-state index in [9.17, 15) is 0 Å². The fourth-order valence-electron chi connectivity index (χ4n) is 4.89. The highest BCUT2D eigenvalue weighted by atomic mass is 16.5. The SMILES string of the molecule is Cc1nc(-c2ccc(N3CCC(OC4CCN(C5CCC5)CC4)CC3)cc2)no1. The summed E-state index contributed by atoms with van der Waals surface area (Å²) in [5.41, 5.74) is 2.26. The quantitative estimate of drug-likeness (QED) is 0.760. The molecule has 0 radical (unpaired) electrons. The highest BCUT2D eigenvalue weighted by Gasteiger charge is 2.30. The summed E-state index contributed by atoms with van der Waals surface area (Å²) in [7, 11) is 0. The Bertz CT molecular complexity index is 785. The molecule has 0 bridgehead atoms. The molecule has 2 aromatic rings. The third kappa shape index (κ3) is 4.33. The standard InChI is InChI=1S/C23H32N4O2/c1-17-24-23(25-29-17)18-5-7-20(8-6-18)27-15-11-22(12-16-27)28-21-9-13-26(14-10-21)19-3-2-4-19/h5-8,19,21-22H,2-4,9-16H2,1H3. The summed E-state index contributed by atoms with van der Waals surface area (Å²) in [4.78, 5) is 9.46. The van der Waals surface area contributed by atoms with E-state index in [-0.39, 0.29) is 0 Å². The fourth-order valence-corrected chi connectivity index (χ4v) is 4.89. The van der Waals surface area contributed by atoms with E-state index in [0.29, 0.717) is 23.9 Å². The average Bonchev–Trinajstić information content (AvgIpc) is 3.15. The van der Waals surface area contributed by atoms with Crippen molar-refractivity contribution in [3.63, 3.8) is 0 Å². The van der Waals surface area contributed by atoms with Gasteiger partial charge in [0.2, 0.25) is 11.7 Å². The van der Waals surface area contributed by atoms with Crippen molar-refractivity contribution in [2.24, 2.45) is 0 Å². The first-order valence-corrected chi connectivity index (χ1v) is 11.3. The van der Waals surface area contributed by atoms with Crippen molar-refractivity contribution < 1.29 is 9.26 Å². The molecule has 3 aliphatic rings. The highest BCUT2D eigenvalue weighted by Crippen LogP contribution is 2.30. The fraction of sp³-hybridized carbons (Fsp3) is 0.652. The lowest BCUT2D eigenvalue weighted by atomic mass is 9.89. The minimum Gasteiger partial charge on any atom is -0.375 e. The maximum Gasteiger partial charge on any atom is 0.223 e. The van der Waals surface area contributed by atoms with Crippen LogP contribution in [0.3, 0.4) is 0 Å². The van der Waals surface area contributed by atoms with Crippen molar-refractivity contribution in [3.05, 3.63) is 30.2 Å². The van der Waals surface area contributed by atoms with Crippen LogP contribution in [0, 0.1) is 6.92 Å². The second-order valence-corrected chi connectivity index (χ2v) is 8.83. The summed E-state index contributed by atoms with van der Waals surface area (Å²) in [6, 6.07) is 9.38. The van der Waals surface area contributed by atoms with Crippen molar-refractivity contribution in [2.45, 2.75) is 70.1 Å². The predicted molar refractivity (Wildman–Crippen MR) is 113 cm³/mol. The molecule has 156 valence electrons. The normalized spacial score (nSPS) is 22.7. The number of likely N-dealkylation sites (tertiary alicyclic amines) is 1. The van der Waals surface area contributed by atoms with Crippen LogP contribution in [0.5, 0.6) is 0 Å².